The average Bonchev–Trinajstić information content (AvgIpc) is 2.90. The molecule has 0 bridgehead atoms. The fraction of sp³-hybridized carbons (Fsp3) is 0.882. The van der Waals surface area contributed by atoms with E-state index in [9.17, 15) is 9.59 Å². The lowest BCUT2D eigenvalue weighted by molar-refractivity contribution is -0.146. The smallest absolute Gasteiger partial charge is 0.409 e. The molecule has 4 rings (SSSR count). The Morgan fingerprint density at radius 2 is 1.91 bits per heavy atom. The van der Waals surface area contributed by atoms with Crippen LogP contribution in [-0.4, -0.2) is 67.8 Å². The largest absolute Gasteiger partial charge is 0.466 e. The van der Waals surface area contributed by atoms with E-state index in [0.29, 0.717) is 29.9 Å². The average molecular weight is 322 g/mol. The van der Waals surface area contributed by atoms with Gasteiger partial charge in [0.1, 0.15) is 0 Å². The fourth-order valence-corrected chi connectivity index (χ4v) is 5.20. The van der Waals surface area contributed by atoms with Crippen LogP contribution in [0.4, 0.5) is 4.79 Å². The molecule has 2 atom stereocenters. The van der Waals surface area contributed by atoms with Crippen molar-refractivity contribution in [1.29, 1.82) is 0 Å². The molecule has 0 aromatic heterocycles. The Labute approximate surface area is 137 Å². The van der Waals surface area contributed by atoms with Crippen molar-refractivity contribution < 1.29 is 19.1 Å². The number of carbonyl (C=O) groups is 2. The maximum atomic E-state index is 11.8. The number of amides is 1. The molecule has 0 radical (unpaired) electrons. The molecule has 2 unspecified atom stereocenters. The molecular weight excluding hydrogens is 296 g/mol. The molecule has 2 heterocycles. The van der Waals surface area contributed by atoms with E-state index in [1.165, 1.54) is 20.0 Å². The number of esters is 1. The van der Waals surface area contributed by atoms with Gasteiger partial charge in [-0.3, -0.25) is 9.69 Å². The van der Waals surface area contributed by atoms with E-state index >= 15 is 0 Å². The molecule has 6 nitrogen and oxygen atoms in total. The lowest BCUT2D eigenvalue weighted by Gasteiger charge is -2.49. The molecule has 0 aromatic carbocycles. The zero-order chi connectivity index (χ0) is 16.2. The Kier molecular flexibility index (Phi) is 3.55. The van der Waals surface area contributed by atoms with Crippen molar-refractivity contribution in [2.75, 3.05) is 39.9 Å². The van der Waals surface area contributed by atoms with Crippen LogP contribution < -0.4 is 0 Å². The maximum absolute atomic E-state index is 11.8. The highest BCUT2D eigenvalue weighted by Gasteiger charge is 2.62. The first-order valence-corrected chi connectivity index (χ1v) is 8.80. The summed E-state index contributed by atoms with van der Waals surface area (Å²) in [5, 5.41) is 0. The molecule has 2 saturated heterocycles. The molecule has 6 heteroatoms. The first-order chi connectivity index (χ1) is 11.1. The summed E-state index contributed by atoms with van der Waals surface area (Å²) in [4.78, 5) is 27.9. The van der Waals surface area contributed by atoms with E-state index in [4.69, 9.17) is 9.47 Å². The van der Waals surface area contributed by atoms with Gasteiger partial charge in [-0.05, 0) is 43.4 Å². The first kappa shape index (κ1) is 15.2. The van der Waals surface area contributed by atoms with Crippen LogP contribution in [0, 0.1) is 23.2 Å². The third kappa shape index (κ3) is 2.42. The van der Waals surface area contributed by atoms with Crippen LogP contribution in [0.5, 0.6) is 0 Å². The van der Waals surface area contributed by atoms with Gasteiger partial charge in [0.05, 0.1) is 19.6 Å². The topological polar surface area (TPSA) is 59.1 Å². The second kappa shape index (κ2) is 5.36. The minimum atomic E-state index is -0.190. The molecule has 1 spiro atoms. The lowest BCUT2D eigenvalue weighted by atomic mass is 9.64. The molecule has 128 valence electrons. The summed E-state index contributed by atoms with van der Waals surface area (Å²) in [6.45, 7) is 6.14. The van der Waals surface area contributed by atoms with Gasteiger partial charge in [0.25, 0.3) is 0 Å². The minimum Gasteiger partial charge on any atom is -0.466 e. The number of rotatable bonds is 3. The SMILES string of the molecule is CCOC(=O)C1C2CN(C3CC4(CCN(C(=O)OC)C4)C3)CC21. The fourth-order valence-electron chi connectivity index (χ4n) is 5.20. The number of fused-ring (bicyclic) bond motifs is 1. The second-order valence-corrected chi connectivity index (χ2v) is 7.76. The third-order valence-electron chi connectivity index (χ3n) is 6.51. The van der Waals surface area contributed by atoms with Crippen LogP contribution >= 0.6 is 0 Å². The van der Waals surface area contributed by atoms with Gasteiger partial charge in [0.2, 0.25) is 0 Å². The first-order valence-electron chi connectivity index (χ1n) is 8.80. The Morgan fingerprint density at radius 3 is 2.52 bits per heavy atom. The number of likely N-dealkylation sites (tertiary alicyclic amines) is 2. The molecule has 4 aliphatic rings. The molecular formula is C17H26N2O4. The predicted molar refractivity (Wildman–Crippen MR) is 82.7 cm³/mol. The normalized spacial score (nSPS) is 41.6. The van der Waals surface area contributed by atoms with Gasteiger partial charge >= 0.3 is 12.1 Å². The predicted octanol–water partition coefficient (Wildman–Crippen LogP) is 1.35. The molecule has 0 N–H and O–H groups in total. The van der Waals surface area contributed by atoms with Crippen LogP contribution in [0.15, 0.2) is 0 Å². The highest BCUT2D eigenvalue weighted by molar-refractivity contribution is 5.77. The molecule has 0 aromatic rings. The Balaban J connectivity index is 1.24. The monoisotopic (exact) mass is 322 g/mol. The van der Waals surface area contributed by atoms with Crippen molar-refractivity contribution in [3.05, 3.63) is 0 Å². The number of hydrogen-bond acceptors (Lipinski definition) is 5. The number of nitrogens with zero attached hydrogens (tertiary/aromatic N) is 2. The Hall–Kier alpha value is -1.30. The highest BCUT2D eigenvalue weighted by atomic mass is 16.5. The lowest BCUT2D eigenvalue weighted by Crippen LogP contribution is -2.52. The van der Waals surface area contributed by atoms with Crippen LogP contribution in [-0.2, 0) is 14.3 Å². The summed E-state index contributed by atoms with van der Waals surface area (Å²) in [5.41, 5.74) is 0.326. The zero-order valence-corrected chi connectivity index (χ0v) is 14.0. The van der Waals surface area contributed by atoms with Gasteiger partial charge in [-0.1, -0.05) is 0 Å². The Bertz CT molecular complexity index is 505. The number of piperidine rings is 1. The van der Waals surface area contributed by atoms with E-state index in [2.05, 4.69) is 4.90 Å². The second-order valence-electron chi connectivity index (χ2n) is 7.76. The van der Waals surface area contributed by atoms with E-state index in [1.54, 1.807) is 0 Å². The van der Waals surface area contributed by atoms with Crippen molar-refractivity contribution in [3.63, 3.8) is 0 Å². The minimum absolute atomic E-state index is 0.0109. The van der Waals surface area contributed by atoms with Crippen molar-refractivity contribution in [2.24, 2.45) is 23.2 Å². The van der Waals surface area contributed by atoms with Crippen LogP contribution in [0.25, 0.3) is 0 Å². The Morgan fingerprint density at radius 1 is 1.22 bits per heavy atom. The molecule has 2 saturated carbocycles. The van der Waals surface area contributed by atoms with Gasteiger partial charge in [-0.2, -0.15) is 0 Å². The number of carbonyl (C=O) groups excluding carboxylic acids is 2. The van der Waals surface area contributed by atoms with Gasteiger partial charge in [-0.15, -0.1) is 0 Å². The van der Waals surface area contributed by atoms with E-state index in [1.807, 2.05) is 11.8 Å². The van der Waals surface area contributed by atoms with Crippen LogP contribution in [0.2, 0.25) is 0 Å². The van der Waals surface area contributed by atoms with E-state index < -0.39 is 0 Å². The summed E-state index contributed by atoms with van der Waals surface area (Å²) >= 11 is 0. The van der Waals surface area contributed by atoms with E-state index in [0.717, 1.165) is 32.6 Å². The van der Waals surface area contributed by atoms with Crippen LogP contribution in [0.3, 0.4) is 0 Å². The number of methoxy groups -OCH3 is 1. The van der Waals surface area contributed by atoms with Crippen molar-refractivity contribution >= 4 is 12.1 Å². The summed E-state index contributed by atoms with van der Waals surface area (Å²) in [5.74, 6) is 1.24. The zero-order valence-electron chi connectivity index (χ0n) is 14.0. The molecule has 23 heavy (non-hydrogen) atoms. The van der Waals surface area contributed by atoms with Crippen molar-refractivity contribution in [2.45, 2.75) is 32.2 Å². The quantitative estimate of drug-likeness (QED) is 0.734. The van der Waals surface area contributed by atoms with E-state index in [-0.39, 0.29) is 18.0 Å². The third-order valence-corrected chi connectivity index (χ3v) is 6.51. The number of hydrogen-bond donors (Lipinski definition) is 0. The van der Waals surface area contributed by atoms with Gasteiger partial charge in [0, 0.05) is 32.2 Å². The van der Waals surface area contributed by atoms with Crippen molar-refractivity contribution in [3.8, 4) is 0 Å². The molecule has 4 fully saturated rings. The van der Waals surface area contributed by atoms with Crippen molar-refractivity contribution in [1.82, 2.24) is 9.80 Å². The summed E-state index contributed by atoms with van der Waals surface area (Å²) in [7, 11) is 1.45. The summed E-state index contributed by atoms with van der Waals surface area (Å²) in [6.07, 6.45) is 3.28. The molecule has 2 aliphatic heterocycles. The van der Waals surface area contributed by atoms with Gasteiger partial charge < -0.3 is 14.4 Å². The standard InChI is InChI=1S/C17H26N2O4/c1-3-23-15(20)14-12-8-19(9-13(12)14)11-6-17(7-11)4-5-18(10-17)16(21)22-2/h11-14H,3-10H2,1-2H3. The highest BCUT2D eigenvalue weighted by Crippen LogP contribution is 2.57. The molecule has 2 aliphatic carbocycles. The maximum Gasteiger partial charge on any atom is 0.409 e. The van der Waals surface area contributed by atoms with Gasteiger partial charge in [-0.25, -0.2) is 4.79 Å². The summed E-state index contributed by atoms with van der Waals surface area (Å²) < 4.78 is 9.98. The van der Waals surface area contributed by atoms with Gasteiger partial charge in [0.15, 0.2) is 0 Å². The molecule has 1 amide bonds. The number of ether oxygens (including phenoxy) is 2. The summed E-state index contributed by atoms with van der Waals surface area (Å²) in [6, 6.07) is 0.642. The van der Waals surface area contributed by atoms with Crippen LogP contribution in [0.1, 0.15) is 26.2 Å².